The van der Waals surface area contributed by atoms with Crippen molar-refractivity contribution in [2.24, 2.45) is 0 Å². The monoisotopic (exact) mass is 278 g/mol. The number of benzene rings is 1. The van der Waals surface area contributed by atoms with Gasteiger partial charge < -0.3 is 4.74 Å². The standard InChI is InChI=1S/C9H8BrFO2S/c1-13-9(12)8-6(11)3-5(10)4-7(8)14-2/h3-4H,1-2H3. The summed E-state index contributed by atoms with van der Waals surface area (Å²) in [6, 6.07) is 2.92. The Morgan fingerprint density at radius 3 is 2.71 bits per heavy atom. The molecule has 1 aromatic rings. The fraction of sp³-hybridized carbons (Fsp3) is 0.222. The molecule has 0 atom stereocenters. The number of methoxy groups -OCH3 is 1. The smallest absolute Gasteiger partial charge is 0.342 e. The van der Waals surface area contributed by atoms with Crippen LogP contribution in [-0.4, -0.2) is 19.3 Å². The molecule has 76 valence electrons. The summed E-state index contributed by atoms with van der Waals surface area (Å²) >= 11 is 4.45. The second-order valence-electron chi connectivity index (χ2n) is 2.46. The normalized spacial score (nSPS) is 10.0. The van der Waals surface area contributed by atoms with E-state index in [9.17, 15) is 9.18 Å². The van der Waals surface area contributed by atoms with Gasteiger partial charge >= 0.3 is 5.97 Å². The van der Waals surface area contributed by atoms with Crippen molar-refractivity contribution < 1.29 is 13.9 Å². The molecule has 0 bridgehead atoms. The number of hydrogen-bond donors (Lipinski definition) is 0. The van der Waals surface area contributed by atoms with Gasteiger partial charge in [0.05, 0.1) is 7.11 Å². The Morgan fingerprint density at radius 1 is 1.57 bits per heavy atom. The van der Waals surface area contributed by atoms with Gasteiger partial charge in [0.2, 0.25) is 0 Å². The first-order chi connectivity index (χ1) is 6.60. The molecular formula is C9H8BrFO2S. The molecule has 0 amide bonds. The van der Waals surface area contributed by atoms with E-state index in [2.05, 4.69) is 20.7 Å². The lowest BCUT2D eigenvalue weighted by atomic mass is 10.2. The van der Waals surface area contributed by atoms with Crippen molar-refractivity contribution in [2.45, 2.75) is 4.90 Å². The van der Waals surface area contributed by atoms with Crippen LogP contribution in [0.15, 0.2) is 21.5 Å². The van der Waals surface area contributed by atoms with Crippen LogP contribution in [0.4, 0.5) is 4.39 Å². The average molecular weight is 279 g/mol. The van der Waals surface area contributed by atoms with Gasteiger partial charge in [-0.3, -0.25) is 0 Å². The van der Waals surface area contributed by atoms with E-state index in [-0.39, 0.29) is 5.56 Å². The molecule has 0 saturated heterocycles. The molecule has 0 heterocycles. The van der Waals surface area contributed by atoms with Crippen molar-refractivity contribution >= 4 is 33.7 Å². The third-order valence-electron chi connectivity index (χ3n) is 1.63. The Bertz CT molecular complexity index is 368. The fourth-order valence-corrected chi connectivity index (χ4v) is 2.22. The molecule has 0 unspecified atom stereocenters. The summed E-state index contributed by atoms with van der Waals surface area (Å²) < 4.78 is 18.5. The van der Waals surface area contributed by atoms with E-state index in [0.29, 0.717) is 9.37 Å². The van der Waals surface area contributed by atoms with Gasteiger partial charge in [0.15, 0.2) is 0 Å². The molecule has 0 saturated carbocycles. The number of carbonyl (C=O) groups excluding carboxylic acids is 1. The van der Waals surface area contributed by atoms with Crippen molar-refractivity contribution in [3.63, 3.8) is 0 Å². The zero-order chi connectivity index (χ0) is 10.7. The first kappa shape index (κ1) is 11.5. The van der Waals surface area contributed by atoms with Crippen LogP contribution in [0.5, 0.6) is 0 Å². The summed E-state index contributed by atoms with van der Waals surface area (Å²) in [5.74, 6) is -1.23. The second-order valence-corrected chi connectivity index (χ2v) is 4.22. The van der Waals surface area contributed by atoms with Crippen LogP contribution in [0.2, 0.25) is 0 Å². The second kappa shape index (κ2) is 4.79. The average Bonchev–Trinajstić information content (AvgIpc) is 2.15. The Hall–Kier alpha value is -0.550. The fourth-order valence-electron chi connectivity index (χ4n) is 1.01. The summed E-state index contributed by atoms with van der Waals surface area (Å²) in [4.78, 5) is 11.8. The van der Waals surface area contributed by atoms with Gasteiger partial charge in [-0.2, -0.15) is 0 Å². The molecule has 1 rings (SSSR count). The van der Waals surface area contributed by atoms with E-state index >= 15 is 0 Å². The highest BCUT2D eigenvalue weighted by Crippen LogP contribution is 2.27. The largest absolute Gasteiger partial charge is 0.465 e. The van der Waals surface area contributed by atoms with Crippen LogP contribution in [0.3, 0.4) is 0 Å². The highest BCUT2D eigenvalue weighted by molar-refractivity contribution is 9.10. The molecule has 1 aromatic carbocycles. The van der Waals surface area contributed by atoms with Gasteiger partial charge in [-0.1, -0.05) is 15.9 Å². The van der Waals surface area contributed by atoms with Crippen molar-refractivity contribution in [3.8, 4) is 0 Å². The SMILES string of the molecule is COC(=O)c1c(F)cc(Br)cc1SC. The van der Waals surface area contributed by atoms with E-state index in [4.69, 9.17) is 0 Å². The van der Waals surface area contributed by atoms with Gasteiger partial charge in [0, 0.05) is 9.37 Å². The first-order valence-corrected chi connectivity index (χ1v) is 5.73. The summed E-state index contributed by atoms with van der Waals surface area (Å²) in [6.45, 7) is 0. The molecule has 14 heavy (non-hydrogen) atoms. The van der Waals surface area contributed by atoms with Crippen LogP contribution in [0.25, 0.3) is 0 Å². The third kappa shape index (κ3) is 2.27. The number of halogens is 2. The van der Waals surface area contributed by atoms with Crippen molar-refractivity contribution in [3.05, 3.63) is 28.0 Å². The molecular weight excluding hydrogens is 271 g/mol. The van der Waals surface area contributed by atoms with E-state index in [1.165, 1.54) is 24.9 Å². The van der Waals surface area contributed by atoms with Gasteiger partial charge in [0.25, 0.3) is 0 Å². The van der Waals surface area contributed by atoms with Crippen LogP contribution < -0.4 is 0 Å². The molecule has 0 N–H and O–H groups in total. The van der Waals surface area contributed by atoms with Gasteiger partial charge in [-0.15, -0.1) is 11.8 Å². The molecule has 0 spiro atoms. The molecule has 0 aliphatic heterocycles. The predicted octanol–water partition coefficient (Wildman–Crippen LogP) is 3.10. The number of ether oxygens (including phenoxy) is 1. The lowest BCUT2D eigenvalue weighted by Crippen LogP contribution is -2.06. The van der Waals surface area contributed by atoms with E-state index in [1.54, 1.807) is 12.3 Å². The topological polar surface area (TPSA) is 26.3 Å². The maximum absolute atomic E-state index is 13.4. The third-order valence-corrected chi connectivity index (χ3v) is 2.85. The number of rotatable bonds is 2. The Morgan fingerprint density at radius 2 is 2.21 bits per heavy atom. The minimum Gasteiger partial charge on any atom is -0.465 e. The molecule has 2 nitrogen and oxygen atoms in total. The maximum Gasteiger partial charge on any atom is 0.342 e. The van der Waals surface area contributed by atoms with E-state index in [0.717, 1.165) is 0 Å². The quantitative estimate of drug-likeness (QED) is 0.614. The molecule has 0 fully saturated rings. The van der Waals surface area contributed by atoms with Gasteiger partial charge in [0.1, 0.15) is 11.4 Å². The number of carbonyl (C=O) groups is 1. The Labute approximate surface area is 94.0 Å². The summed E-state index contributed by atoms with van der Waals surface area (Å²) in [6.07, 6.45) is 1.77. The zero-order valence-electron chi connectivity index (χ0n) is 7.64. The minimum atomic E-state index is -0.653. The summed E-state index contributed by atoms with van der Waals surface area (Å²) in [7, 11) is 1.23. The van der Waals surface area contributed by atoms with Gasteiger partial charge in [-0.25, -0.2) is 9.18 Å². The van der Waals surface area contributed by atoms with Crippen LogP contribution in [0.1, 0.15) is 10.4 Å². The summed E-state index contributed by atoms with van der Waals surface area (Å²) in [5, 5.41) is 0. The highest BCUT2D eigenvalue weighted by atomic mass is 79.9. The van der Waals surface area contributed by atoms with E-state index in [1.807, 2.05) is 0 Å². The zero-order valence-corrected chi connectivity index (χ0v) is 10.0. The van der Waals surface area contributed by atoms with Crippen LogP contribution >= 0.6 is 27.7 Å². The number of thioether (sulfide) groups is 1. The van der Waals surface area contributed by atoms with E-state index < -0.39 is 11.8 Å². The Balaban J connectivity index is 3.32. The number of hydrogen-bond acceptors (Lipinski definition) is 3. The Kier molecular flexibility index (Phi) is 3.95. The lowest BCUT2D eigenvalue weighted by molar-refractivity contribution is 0.0591. The number of esters is 1. The summed E-state index contributed by atoms with van der Waals surface area (Å²) in [5.41, 5.74) is -0.0109. The lowest BCUT2D eigenvalue weighted by Gasteiger charge is -2.07. The molecule has 5 heteroatoms. The van der Waals surface area contributed by atoms with Crippen molar-refractivity contribution in [2.75, 3.05) is 13.4 Å². The first-order valence-electron chi connectivity index (χ1n) is 3.71. The predicted molar refractivity (Wildman–Crippen MR) is 57.2 cm³/mol. The van der Waals surface area contributed by atoms with Crippen molar-refractivity contribution in [1.82, 2.24) is 0 Å². The van der Waals surface area contributed by atoms with Crippen LogP contribution in [-0.2, 0) is 4.74 Å². The molecule has 0 aliphatic carbocycles. The van der Waals surface area contributed by atoms with Gasteiger partial charge in [-0.05, 0) is 18.4 Å². The molecule has 0 aliphatic rings. The molecule has 0 radical (unpaired) electrons. The van der Waals surface area contributed by atoms with Crippen LogP contribution in [0, 0.1) is 5.82 Å². The maximum atomic E-state index is 13.4. The minimum absolute atomic E-state index is 0.0109. The molecule has 0 aromatic heterocycles. The van der Waals surface area contributed by atoms with Crippen molar-refractivity contribution in [1.29, 1.82) is 0 Å². The highest BCUT2D eigenvalue weighted by Gasteiger charge is 2.17.